The molecular formula is C14H24O4SSi. The minimum atomic E-state index is -2.61. The minimum Gasteiger partial charge on any atom is -0.466 e. The average Bonchev–Trinajstić information content (AvgIpc) is 2.39. The molecule has 0 saturated heterocycles. The van der Waals surface area contributed by atoms with Crippen LogP contribution in [-0.2, 0) is 13.3 Å². The zero-order valence-corrected chi connectivity index (χ0v) is 14.7. The van der Waals surface area contributed by atoms with E-state index < -0.39 is 15.1 Å². The standard InChI is InChI=1S/C14H24O4SSi/c1-6-15-20(5,16-7-2)18-12(3)17-13-8-10-14(19-4)11-9-13/h8-12H,6-7H2,1-5H3. The Morgan fingerprint density at radius 2 is 1.65 bits per heavy atom. The van der Waals surface area contributed by atoms with Gasteiger partial charge in [-0.3, -0.25) is 0 Å². The monoisotopic (exact) mass is 316 g/mol. The van der Waals surface area contributed by atoms with Crippen molar-refractivity contribution in [1.29, 1.82) is 0 Å². The first-order valence-corrected chi connectivity index (χ1v) is 10.2. The smallest absolute Gasteiger partial charge is 0.466 e. The maximum atomic E-state index is 5.85. The zero-order chi connectivity index (χ0) is 15.0. The van der Waals surface area contributed by atoms with Gasteiger partial charge in [0.05, 0.1) is 0 Å². The Morgan fingerprint density at radius 1 is 1.10 bits per heavy atom. The molecule has 1 aromatic carbocycles. The normalized spacial score (nSPS) is 13.2. The van der Waals surface area contributed by atoms with Gasteiger partial charge in [-0.25, -0.2) is 0 Å². The fourth-order valence-electron chi connectivity index (χ4n) is 1.81. The fourth-order valence-corrected chi connectivity index (χ4v) is 4.13. The van der Waals surface area contributed by atoms with Crippen LogP contribution >= 0.6 is 11.8 Å². The molecule has 1 rings (SSSR count). The highest BCUT2D eigenvalue weighted by Gasteiger charge is 2.36. The Labute approximate surface area is 127 Å². The lowest BCUT2D eigenvalue weighted by Gasteiger charge is -2.28. The number of thioether (sulfide) groups is 1. The lowest BCUT2D eigenvalue weighted by molar-refractivity contribution is -0.0457. The van der Waals surface area contributed by atoms with E-state index in [1.54, 1.807) is 11.8 Å². The molecule has 0 saturated carbocycles. The molecule has 0 amide bonds. The first-order chi connectivity index (χ1) is 9.53. The molecule has 0 aliphatic rings. The lowest BCUT2D eigenvalue weighted by Crippen LogP contribution is -2.46. The van der Waals surface area contributed by atoms with Crippen molar-refractivity contribution in [3.8, 4) is 5.75 Å². The highest BCUT2D eigenvalue weighted by atomic mass is 32.2. The van der Waals surface area contributed by atoms with Gasteiger partial charge in [-0.15, -0.1) is 11.8 Å². The Bertz CT molecular complexity index is 379. The maximum absolute atomic E-state index is 5.85. The van der Waals surface area contributed by atoms with E-state index in [1.807, 2.05) is 57.8 Å². The van der Waals surface area contributed by atoms with Gasteiger partial charge in [-0.05, 0) is 51.3 Å². The van der Waals surface area contributed by atoms with E-state index in [4.69, 9.17) is 18.0 Å². The highest BCUT2D eigenvalue weighted by molar-refractivity contribution is 7.98. The summed E-state index contributed by atoms with van der Waals surface area (Å²) in [6.45, 7) is 8.73. The molecule has 6 heteroatoms. The summed E-state index contributed by atoms with van der Waals surface area (Å²) in [5, 5.41) is 0. The second-order valence-corrected chi connectivity index (χ2v) is 7.62. The van der Waals surface area contributed by atoms with Crippen LogP contribution in [-0.4, -0.2) is 34.6 Å². The number of benzene rings is 1. The van der Waals surface area contributed by atoms with Gasteiger partial charge in [0.25, 0.3) is 0 Å². The summed E-state index contributed by atoms with van der Waals surface area (Å²) >= 11 is 1.70. The second kappa shape index (κ2) is 8.69. The first kappa shape index (κ1) is 17.5. The van der Waals surface area contributed by atoms with E-state index in [0.717, 1.165) is 5.75 Å². The topological polar surface area (TPSA) is 36.9 Å². The van der Waals surface area contributed by atoms with Crippen LogP contribution in [0.3, 0.4) is 0 Å². The molecule has 0 radical (unpaired) electrons. The van der Waals surface area contributed by atoms with Crippen molar-refractivity contribution in [2.75, 3.05) is 19.5 Å². The van der Waals surface area contributed by atoms with Crippen LogP contribution in [0, 0.1) is 0 Å². The minimum absolute atomic E-state index is 0.412. The molecule has 1 aromatic rings. The third-order valence-corrected chi connectivity index (χ3v) is 5.68. The summed E-state index contributed by atoms with van der Waals surface area (Å²) in [7, 11) is -2.61. The largest absolute Gasteiger partial charge is 0.500 e. The van der Waals surface area contributed by atoms with Gasteiger partial charge < -0.3 is 18.0 Å². The van der Waals surface area contributed by atoms with Gasteiger partial charge in [0.2, 0.25) is 0 Å². The Kier molecular flexibility index (Phi) is 7.61. The molecule has 114 valence electrons. The first-order valence-electron chi connectivity index (χ1n) is 6.79. The summed E-state index contributed by atoms with van der Waals surface area (Å²) in [5.41, 5.74) is 0. The zero-order valence-electron chi connectivity index (χ0n) is 12.8. The number of hydrogen-bond acceptors (Lipinski definition) is 5. The van der Waals surface area contributed by atoms with Gasteiger partial charge >= 0.3 is 8.80 Å². The van der Waals surface area contributed by atoms with Gasteiger partial charge in [-0.2, -0.15) is 0 Å². The van der Waals surface area contributed by atoms with Crippen molar-refractivity contribution in [2.24, 2.45) is 0 Å². The van der Waals surface area contributed by atoms with Crippen LogP contribution in [0.25, 0.3) is 0 Å². The van der Waals surface area contributed by atoms with Crippen LogP contribution < -0.4 is 4.74 Å². The lowest BCUT2D eigenvalue weighted by atomic mass is 10.3. The highest BCUT2D eigenvalue weighted by Crippen LogP contribution is 2.21. The summed E-state index contributed by atoms with van der Waals surface area (Å²) < 4.78 is 22.8. The van der Waals surface area contributed by atoms with Crippen LogP contribution in [0.15, 0.2) is 29.2 Å². The van der Waals surface area contributed by atoms with Crippen molar-refractivity contribution < 1.29 is 18.0 Å². The van der Waals surface area contributed by atoms with Crippen molar-refractivity contribution in [3.63, 3.8) is 0 Å². The molecule has 0 spiro atoms. The Hall–Kier alpha value is -0.533. The van der Waals surface area contributed by atoms with Gasteiger partial charge in [0.15, 0.2) is 6.29 Å². The van der Waals surface area contributed by atoms with Crippen LogP contribution in [0.4, 0.5) is 0 Å². The Balaban J connectivity index is 2.57. The van der Waals surface area contributed by atoms with Gasteiger partial charge in [0, 0.05) is 24.7 Å². The molecule has 0 aliphatic heterocycles. The third-order valence-electron chi connectivity index (χ3n) is 2.55. The van der Waals surface area contributed by atoms with E-state index >= 15 is 0 Å². The summed E-state index contributed by atoms with van der Waals surface area (Å²) in [6.07, 6.45) is 1.63. The maximum Gasteiger partial charge on any atom is 0.500 e. The van der Waals surface area contributed by atoms with E-state index in [1.165, 1.54) is 4.90 Å². The summed E-state index contributed by atoms with van der Waals surface area (Å²) in [4.78, 5) is 1.20. The predicted molar refractivity (Wildman–Crippen MR) is 84.3 cm³/mol. The fraction of sp³-hybridized carbons (Fsp3) is 0.571. The molecule has 1 unspecified atom stereocenters. The number of rotatable bonds is 9. The summed E-state index contributed by atoms with van der Waals surface area (Å²) in [6, 6.07) is 7.92. The molecule has 0 heterocycles. The predicted octanol–water partition coefficient (Wildman–Crippen LogP) is 3.79. The molecule has 1 atom stereocenters. The van der Waals surface area contributed by atoms with Gasteiger partial charge in [-0.1, -0.05) is 0 Å². The van der Waals surface area contributed by atoms with Gasteiger partial charge in [0.1, 0.15) is 5.75 Å². The van der Waals surface area contributed by atoms with E-state index in [-0.39, 0.29) is 0 Å². The summed E-state index contributed by atoms with van der Waals surface area (Å²) in [5.74, 6) is 0.777. The molecular weight excluding hydrogens is 292 g/mol. The van der Waals surface area contributed by atoms with E-state index in [2.05, 4.69) is 0 Å². The SMILES string of the molecule is CCO[Si](C)(OCC)OC(C)Oc1ccc(SC)cc1. The third kappa shape index (κ3) is 5.84. The molecule has 0 N–H and O–H groups in total. The van der Waals surface area contributed by atoms with Crippen molar-refractivity contribution in [3.05, 3.63) is 24.3 Å². The average molecular weight is 316 g/mol. The van der Waals surface area contributed by atoms with Crippen molar-refractivity contribution in [1.82, 2.24) is 0 Å². The molecule has 0 fully saturated rings. The molecule has 0 aliphatic carbocycles. The second-order valence-electron chi connectivity index (χ2n) is 4.21. The van der Waals surface area contributed by atoms with Crippen molar-refractivity contribution in [2.45, 2.75) is 38.5 Å². The van der Waals surface area contributed by atoms with E-state index in [9.17, 15) is 0 Å². The quantitative estimate of drug-likeness (QED) is 0.393. The molecule has 0 aromatic heterocycles. The molecule has 4 nitrogen and oxygen atoms in total. The van der Waals surface area contributed by atoms with Crippen molar-refractivity contribution >= 4 is 20.6 Å². The van der Waals surface area contributed by atoms with Crippen LogP contribution in [0.1, 0.15) is 20.8 Å². The Morgan fingerprint density at radius 3 is 2.10 bits per heavy atom. The van der Waals surface area contributed by atoms with Crippen LogP contribution in [0.5, 0.6) is 5.75 Å². The van der Waals surface area contributed by atoms with Crippen LogP contribution in [0.2, 0.25) is 6.55 Å². The number of hydrogen-bond donors (Lipinski definition) is 0. The molecule has 20 heavy (non-hydrogen) atoms. The molecule has 0 bridgehead atoms. The number of ether oxygens (including phenoxy) is 1. The van der Waals surface area contributed by atoms with E-state index in [0.29, 0.717) is 13.2 Å².